The van der Waals surface area contributed by atoms with Gasteiger partial charge in [-0.2, -0.15) is 0 Å². The highest BCUT2D eigenvalue weighted by molar-refractivity contribution is 5.89. The Hall–Kier alpha value is -2.11. The summed E-state index contributed by atoms with van der Waals surface area (Å²) >= 11 is 0. The lowest BCUT2D eigenvalue weighted by Gasteiger charge is -2.21. The summed E-state index contributed by atoms with van der Waals surface area (Å²) in [5.41, 5.74) is 0.740. The molecule has 1 aromatic rings. The van der Waals surface area contributed by atoms with E-state index in [4.69, 9.17) is 5.11 Å². The number of carboxylic acid groups (broad SMARTS) is 1. The van der Waals surface area contributed by atoms with Gasteiger partial charge in [0.25, 0.3) is 0 Å². The maximum Gasteiger partial charge on any atom is 0.335 e. The van der Waals surface area contributed by atoms with E-state index in [1.165, 1.54) is 12.1 Å². The van der Waals surface area contributed by atoms with Crippen molar-refractivity contribution in [2.75, 3.05) is 18.9 Å². The summed E-state index contributed by atoms with van der Waals surface area (Å²) in [5, 5.41) is 11.9. The Labute approximate surface area is 112 Å². The van der Waals surface area contributed by atoms with E-state index in [-0.39, 0.29) is 11.5 Å². The first kappa shape index (κ1) is 14.9. The first-order valence-corrected chi connectivity index (χ1v) is 6.08. The highest BCUT2D eigenvalue weighted by Gasteiger charge is 2.17. The van der Waals surface area contributed by atoms with Crippen LogP contribution >= 0.6 is 0 Å². The van der Waals surface area contributed by atoms with Gasteiger partial charge in [0.2, 0.25) is 5.91 Å². The Morgan fingerprint density at radius 2 is 2.11 bits per heavy atom. The fourth-order valence-electron chi connectivity index (χ4n) is 1.64. The molecule has 0 spiro atoms. The van der Waals surface area contributed by atoms with Crippen LogP contribution < -0.4 is 5.32 Å². The molecule has 0 aliphatic rings. The van der Waals surface area contributed by atoms with Crippen LogP contribution in [0.5, 0.6) is 0 Å². The molecular weight excluding hydrogens is 246 g/mol. The lowest BCUT2D eigenvalue weighted by Crippen LogP contribution is -2.39. The van der Waals surface area contributed by atoms with Crippen molar-refractivity contribution in [1.82, 2.24) is 9.88 Å². The van der Waals surface area contributed by atoms with Gasteiger partial charge in [-0.15, -0.1) is 0 Å². The summed E-state index contributed by atoms with van der Waals surface area (Å²) in [5.74, 6) is -0.691. The molecule has 0 aromatic carbocycles. The molecule has 1 unspecified atom stereocenters. The molecule has 1 heterocycles. The molecule has 0 saturated carbocycles. The number of amides is 1. The van der Waals surface area contributed by atoms with Gasteiger partial charge in [0.1, 0.15) is 11.9 Å². The minimum Gasteiger partial charge on any atom is -0.478 e. The summed E-state index contributed by atoms with van der Waals surface area (Å²) in [7, 11) is 1.72. The number of pyridine rings is 1. The predicted octanol–water partition coefficient (Wildman–Crippen LogP) is 1.37. The Balaban J connectivity index is 2.87. The van der Waals surface area contributed by atoms with E-state index < -0.39 is 12.0 Å². The molecule has 104 valence electrons. The molecular formula is C13H19N3O3. The normalized spacial score (nSPS) is 11.8. The van der Waals surface area contributed by atoms with Gasteiger partial charge in [0, 0.05) is 19.3 Å². The molecule has 6 nitrogen and oxygen atoms in total. The van der Waals surface area contributed by atoms with Gasteiger partial charge in [-0.3, -0.25) is 4.79 Å². The lowest BCUT2D eigenvalue weighted by molar-refractivity contribution is -0.130. The molecule has 1 atom stereocenters. The number of likely N-dealkylation sites (N-methyl/N-ethyl adjacent to an activating group) is 1. The van der Waals surface area contributed by atoms with E-state index in [0.717, 1.165) is 0 Å². The molecule has 0 radical (unpaired) electrons. The number of hydrogen-bond donors (Lipinski definition) is 2. The number of nitrogens with one attached hydrogen (secondary N) is 1. The van der Waals surface area contributed by atoms with Crippen molar-refractivity contribution < 1.29 is 14.7 Å². The van der Waals surface area contributed by atoms with Crippen LogP contribution in [0.1, 0.15) is 29.9 Å². The first-order valence-electron chi connectivity index (χ1n) is 6.08. The summed E-state index contributed by atoms with van der Waals surface area (Å²) in [6.07, 6.45) is 0. The maximum atomic E-state index is 11.9. The van der Waals surface area contributed by atoms with Gasteiger partial charge in [-0.1, -0.05) is 0 Å². The van der Waals surface area contributed by atoms with Crippen molar-refractivity contribution in [2.24, 2.45) is 0 Å². The second-order valence-electron chi connectivity index (χ2n) is 4.41. The van der Waals surface area contributed by atoms with Gasteiger partial charge >= 0.3 is 5.97 Å². The van der Waals surface area contributed by atoms with E-state index in [1.54, 1.807) is 25.8 Å². The third-order valence-electron chi connectivity index (χ3n) is 2.79. The van der Waals surface area contributed by atoms with Crippen LogP contribution in [0.15, 0.2) is 12.1 Å². The predicted molar refractivity (Wildman–Crippen MR) is 72.3 cm³/mol. The van der Waals surface area contributed by atoms with Crippen LogP contribution in [0.3, 0.4) is 0 Å². The summed E-state index contributed by atoms with van der Waals surface area (Å²) in [6, 6.07) is 2.45. The Morgan fingerprint density at radius 1 is 1.47 bits per heavy atom. The molecule has 0 fully saturated rings. The van der Waals surface area contributed by atoms with Gasteiger partial charge in [-0.25, -0.2) is 9.78 Å². The van der Waals surface area contributed by atoms with Crippen LogP contribution in [0.2, 0.25) is 0 Å². The van der Waals surface area contributed by atoms with E-state index in [2.05, 4.69) is 10.3 Å². The number of aromatic carboxylic acids is 1. The van der Waals surface area contributed by atoms with Crippen LogP contribution in [0.4, 0.5) is 5.82 Å². The highest BCUT2D eigenvalue weighted by Crippen LogP contribution is 2.12. The van der Waals surface area contributed by atoms with Crippen LogP contribution in [-0.4, -0.2) is 46.5 Å². The summed E-state index contributed by atoms with van der Waals surface area (Å²) < 4.78 is 0. The molecule has 0 saturated heterocycles. The molecule has 19 heavy (non-hydrogen) atoms. The zero-order valence-electron chi connectivity index (χ0n) is 11.6. The number of carboxylic acids is 1. The van der Waals surface area contributed by atoms with E-state index in [0.29, 0.717) is 18.1 Å². The van der Waals surface area contributed by atoms with Gasteiger partial charge in [0.05, 0.1) is 5.56 Å². The fraction of sp³-hybridized carbons (Fsp3) is 0.462. The quantitative estimate of drug-likeness (QED) is 0.840. The SMILES string of the molecule is CCN(C)C(=O)C(C)Nc1cc(C(=O)O)cc(C)n1. The smallest absolute Gasteiger partial charge is 0.335 e. The first-order chi connectivity index (χ1) is 8.85. The molecule has 1 rings (SSSR count). The zero-order valence-corrected chi connectivity index (χ0v) is 11.6. The molecule has 1 amide bonds. The minimum absolute atomic E-state index is 0.0670. The number of rotatable bonds is 5. The summed E-state index contributed by atoms with van der Waals surface area (Å²) in [6.45, 7) is 5.94. The van der Waals surface area contributed by atoms with E-state index in [1.807, 2.05) is 6.92 Å². The van der Waals surface area contributed by atoms with Crippen molar-refractivity contribution in [3.05, 3.63) is 23.4 Å². The molecule has 6 heteroatoms. The Morgan fingerprint density at radius 3 is 2.63 bits per heavy atom. The van der Waals surface area contributed by atoms with Gasteiger partial charge in [-0.05, 0) is 32.9 Å². The number of carbonyl (C=O) groups is 2. The van der Waals surface area contributed by atoms with Crippen molar-refractivity contribution in [3.8, 4) is 0 Å². The molecule has 0 aliphatic heterocycles. The number of aryl methyl sites for hydroxylation is 1. The molecule has 0 aliphatic carbocycles. The van der Waals surface area contributed by atoms with Crippen molar-refractivity contribution in [1.29, 1.82) is 0 Å². The maximum absolute atomic E-state index is 11.9. The standard InChI is InChI=1S/C13H19N3O3/c1-5-16(4)12(17)9(3)15-11-7-10(13(18)19)6-8(2)14-11/h6-7,9H,5H2,1-4H3,(H,14,15)(H,18,19). The van der Waals surface area contributed by atoms with Gasteiger partial charge in [0.15, 0.2) is 0 Å². The van der Waals surface area contributed by atoms with Crippen molar-refractivity contribution >= 4 is 17.7 Å². The number of aromatic nitrogens is 1. The topological polar surface area (TPSA) is 82.5 Å². The van der Waals surface area contributed by atoms with Crippen LogP contribution in [-0.2, 0) is 4.79 Å². The van der Waals surface area contributed by atoms with Crippen molar-refractivity contribution in [3.63, 3.8) is 0 Å². The second-order valence-corrected chi connectivity index (χ2v) is 4.41. The average Bonchev–Trinajstić information content (AvgIpc) is 2.35. The van der Waals surface area contributed by atoms with Crippen LogP contribution in [0.25, 0.3) is 0 Å². The molecule has 2 N–H and O–H groups in total. The Bertz CT molecular complexity index is 488. The number of carbonyl (C=O) groups excluding carboxylic acids is 1. The van der Waals surface area contributed by atoms with E-state index >= 15 is 0 Å². The Kier molecular flexibility index (Phi) is 4.86. The number of nitrogens with zero attached hydrogens (tertiary/aromatic N) is 2. The van der Waals surface area contributed by atoms with E-state index in [9.17, 15) is 9.59 Å². The average molecular weight is 265 g/mol. The minimum atomic E-state index is -1.02. The molecule has 0 bridgehead atoms. The third kappa shape index (κ3) is 3.94. The number of anilines is 1. The largest absolute Gasteiger partial charge is 0.478 e. The van der Waals surface area contributed by atoms with Crippen molar-refractivity contribution in [2.45, 2.75) is 26.8 Å². The molecule has 1 aromatic heterocycles. The number of hydrogen-bond acceptors (Lipinski definition) is 4. The summed E-state index contributed by atoms with van der Waals surface area (Å²) in [4.78, 5) is 28.6. The highest BCUT2D eigenvalue weighted by atomic mass is 16.4. The second kappa shape index (κ2) is 6.17. The third-order valence-corrected chi connectivity index (χ3v) is 2.79. The van der Waals surface area contributed by atoms with Gasteiger partial charge < -0.3 is 15.3 Å². The zero-order chi connectivity index (χ0) is 14.6. The fourth-order valence-corrected chi connectivity index (χ4v) is 1.64. The lowest BCUT2D eigenvalue weighted by atomic mass is 10.2. The monoisotopic (exact) mass is 265 g/mol. The van der Waals surface area contributed by atoms with Crippen LogP contribution in [0, 0.1) is 6.92 Å².